The van der Waals surface area contributed by atoms with Crippen molar-refractivity contribution in [3.63, 3.8) is 0 Å². The van der Waals surface area contributed by atoms with Gasteiger partial charge in [-0.05, 0) is 12.5 Å². The van der Waals surface area contributed by atoms with Crippen LogP contribution in [0.2, 0.25) is 0 Å². The second kappa shape index (κ2) is 3.89. The van der Waals surface area contributed by atoms with Gasteiger partial charge in [-0.2, -0.15) is 0 Å². The first-order chi connectivity index (χ1) is 6.16. The largest absolute Gasteiger partial charge is 0.472 e. The molecule has 0 saturated heterocycles. The summed E-state index contributed by atoms with van der Waals surface area (Å²) in [6.07, 6.45) is 3.12. The molecule has 13 heavy (non-hydrogen) atoms. The maximum absolute atomic E-state index is 11.5. The number of hydrogen-bond donors (Lipinski definition) is 1. The van der Waals surface area contributed by atoms with E-state index in [9.17, 15) is 9.59 Å². The third kappa shape index (κ3) is 1.96. The fourth-order valence-corrected chi connectivity index (χ4v) is 1.12. The Bertz CT molecular complexity index is 303. The van der Waals surface area contributed by atoms with Gasteiger partial charge in [-0.15, -0.1) is 0 Å². The van der Waals surface area contributed by atoms with Gasteiger partial charge >= 0.3 is 0 Å². The van der Waals surface area contributed by atoms with Gasteiger partial charge in [-0.1, -0.05) is 6.92 Å². The Morgan fingerprint density at radius 2 is 2.31 bits per heavy atom. The van der Waals surface area contributed by atoms with Gasteiger partial charge in [0.2, 0.25) is 5.91 Å². The third-order valence-corrected chi connectivity index (χ3v) is 1.87. The molecule has 1 unspecified atom stereocenters. The average Bonchev–Trinajstić information content (AvgIpc) is 2.56. The van der Waals surface area contributed by atoms with E-state index in [1.165, 1.54) is 18.6 Å². The fraction of sp³-hybridized carbons (Fsp3) is 0.333. The molecule has 1 aromatic heterocycles. The zero-order valence-electron chi connectivity index (χ0n) is 7.32. The molecule has 1 atom stereocenters. The highest BCUT2D eigenvalue weighted by molar-refractivity contribution is 6.09. The normalized spacial score (nSPS) is 12.4. The monoisotopic (exact) mass is 181 g/mol. The Balaban J connectivity index is 2.83. The number of amides is 1. The Kier molecular flexibility index (Phi) is 2.84. The molecule has 1 amide bonds. The van der Waals surface area contributed by atoms with Crippen molar-refractivity contribution in [1.82, 2.24) is 0 Å². The molecule has 0 bridgehead atoms. The van der Waals surface area contributed by atoms with E-state index in [1.54, 1.807) is 6.92 Å². The van der Waals surface area contributed by atoms with E-state index >= 15 is 0 Å². The molecular formula is C9H11NO3. The fourth-order valence-electron chi connectivity index (χ4n) is 1.12. The zero-order chi connectivity index (χ0) is 9.84. The Hall–Kier alpha value is -1.58. The lowest BCUT2D eigenvalue weighted by Crippen LogP contribution is -2.29. The number of rotatable bonds is 4. The van der Waals surface area contributed by atoms with Crippen LogP contribution in [0.25, 0.3) is 0 Å². The van der Waals surface area contributed by atoms with Gasteiger partial charge in [0.15, 0.2) is 5.78 Å². The van der Waals surface area contributed by atoms with Crippen LogP contribution in [0.1, 0.15) is 23.7 Å². The maximum atomic E-state index is 11.5. The zero-order valence-corrected chi connectivity index (χ0v) is 7.32. The SMILES string of the molecule is CCC(C(N)=O)C(=O)c1ccoc1. The van der Waals surface area contributed by atoms with E-state index < -0.39 is 11.8 Å². The summed E-state index contributed by atoms with van der Waals surface area (Å²) in [4.78, 5) is 22.4. The second-order valence-electron chi connectivity index (χ2n) is 2.74. The average molecular weight is 181 g/mol. The number of carbonyl (C=O) groups is 2. The predicted octanol–water partition coefficient (Wildman–Crippen LogP) is 0.974. The first-order valence-electron chi connectivity index (χ1n) is 4.02. The van der Waals surface area contributed by atoms with Crippen LogP contribution in [0.5, 0.6) is 0 Å². The molecule has 70 valence electrons. The molecule has 0 aliphatic heterocycles. The molecule has 0 fully saturated rings. The summed E-state index contributed by atoms with van der Waals surface area (Å²) in [5.41, 5.74) is 5.46. The maximum Gasteiger partial charge on any atom is 0.228 e. The summed E-state index contributed by atoms with van der Waals surface area (Å²) in [5.74, 6) is -1.60. The highest BCUT2D eigenvalue weighted by Gasteiger charge is 2.23. The summed E-state index contributed by atoms with van der Waals surface area (Å²) in [6, 6.07) is 1.52. The van der Waals surface area contributed by atoms with E-state index in [-0.39, 0.29) is 5.78 Å². The smallest absolute Gasteiger partial charge is 0.228 e. The number of nitrogens with two attached hydrogens (primary N) is 1. The Morgan fingerprint density at radius 3 is 2.69 bits per heavy atom. The number of carbonyl (C=O) groups excluding carboxylic acids is 2. The summed E-state index contributed by atoms with van der Waals surface area (Å²) >= 11 is 0. The molecule has 1 aromatic rings. The number of hydrogen-bond acceptors (Lipinski definition) is 3. The highest BCUT2D eigenvalue weighted by Crippen LogP contribution is 2.12. The van der Waals surface area contributed by atoms with Crippen molar-refractivity contribution in [2.75, 3.05) is 0 Å². The van der Waals surface area contributed by atoms with Crippen molar-refractivity contribution in [2.24, 2.45) is 11.7 Å². The molecule has 0 radical (unpaired) electrons. The van der Waals surface area contributed by atoms with Crippen LogP contribution >= 0.6 is 0 Å². The minimum atomic E-state index is -0.738. The highest BCUT2D eigenvalue weighted by atomic mass is 16.3. The van der Waals surface area contributed by atoms with Crippen molar-refractivity contribution >= 4 is 11.7 Å². The number of primary amides is 1. The van der Waals surface area contributed by atoms with Crippen molar-refractivity contribution in [2.45, 2.75) is 13.3 Å². The lowest BCUT2D eigenvalue weighted by molar-refractivity contribution is -0.120. The standard InChI is InChI=1S/C9H11NO3/c1-2-7(9(10)12)8(11)6-3-4-13-5-6/h3-5,7H,2H2,1H3,(H2,10,12). The molecule has 0 aliphatic carbocycles. The third-order valence-electron chi connectivity index (χ3n) is 1.87. The summed E-state index contributed by atoms with van der Waals surface area (Å²) in [7, 11) is 0. The van der Waals surface area contributed by atoms with Crippen LogP contribution in [-0.2, 0) is 4.79 Å². The first-order valence-corrected chi connectivity index (χ1v) is 4.02. The Labute approximate surface area is 75.7 Å². The van der Waals surface area contributed by atoms with Crippen molar-refractivity contribution in [3.05, 3.63) is 24.2 Å². The lowest BCUT2D eigenvalue weighted by Gasteiger charge is -2.06. The second-order valence-corrected chi connectivity index (χ2v) is 2.74. The number of furan rings is 1. The predicted molar refractivity (Wildman–Crippen MR) is 46.0 cm³/mol. The lowest BCUT2D eigenvalue weighted by atomic mass is 9.96. The van der Waals surface area contributed by atoms with Crippen LogP contribution in [-0.4, -0.2) is 11.7 Å². The number of ketones is 1. The number of Topliss-reactive ketones (excluding diaryl/α,β-unsaturated/α-hetero) is 1. The molecule has 0 spiro atoms. The minimum absolute atomic E-state index is 0.274. The van der Waals surface area contributed by atoms with Crippen LogP contribution in [0.15, 0.2) is 23.0 Å². The van der Waals surface area contributed by atoms with E-state index in [1.807, 2.05) is 0 Å². The van der Waals surface area contributed by atoms with Crippen LogP contribution < -0.4 is 5.73 Å². The van der Waals surface area contributed by atoms with E-state index in [0.717, 1.165) is 0 Å². The van der Waals surface area contributed by atoms with Crippen LogP contribution in [0, 0.1) is 5.92 Å². The molecule has 1 rings (SSSR count). The minimum Gasteiger partial charge on any atom is -0.472 e. The van der Waals surface area contributed by atoms with E-state index in [2.05, 4.69) is 0 Å². The van der Waals surface area contributed by atoms with Crippen molar-refractivity contribution in [1.29, 1.82) is 0 Å². The van der Waals surface area contributed by atoms with Crippen molar-refractivity contribution in [3.8, 4) is 0 Å². The van der Waals surface area contributed by atoms with Crippen LogP contribution in [0.3, 0.4) is 0 Å². The van der Waals surface area contributed by atoms with Gasteiger partial charge in [0.25, 0.3) is 0 Å². The Morgan fingerprint density at radius 1 is 1.62 bits per heavy atom. The van der Waals surface area contributed by atoms with Crippen LogP contribution in [0.4, 0.5) is 0 Å². The van der Waals surface area contributed by atoms with Gasteiger partial charge in [0, 0.05) is 0 Å². The van der Waals surface area contributed by atoms with Gasteiger partial charge in [0.05, 0.1) is 11.8 Å². The molecule has 0 saturated carbocycles. The van der Waals surface area contributed by atoms with E-state index in [4.69, 9.17) is 10.2 Å². The van der Waals surface area contributed by atoms with Gasteiger partial charge < -0.3 is 10.2 Å². The molecule has 0 aliphatic rings. The molecule has 2 N–H and O–H groups in total. The molecule has 4 nitrogen and oxygen atoms in total. The summed E-state index contributed by atoms with van der Waals surface area (Å²) < 4.78 is 4.74. The molecule has 4 heteroatoms. The molecule has 1 heterocycles. The summed E-state index contributed by atoms with van der Waals surface area (Å²) in [6.45, 7) is 1.74. The van der Waals surface area contributed by atoms with E-state index in [0.29, 0.717) is 12.0 Å². The van der Waals surface area contributed by atoms with Gasteiger partial charge in [0.1, 0.15) is 12.2 Å². The van der Waals surface area contributed by atoms with Gasteiger partial charge in [-0.3, -0.25) is 9.59 Å². The quantitative estimate of drug-likeness (QED) is 0.555. The summed E-state index contributed by atoms with van der Waals surface area (Å²) in [5, 5.41) is 0. The molecular weight excluding hydrogens is 170 g/mol. The van der Waals surface area contributed by atoms with Gasteiger partial charge in [-0.25, -0.2) is 0 Å². The van der Waals surface area contributed by atoms with Crippen molar-refractivity contribution < 1.29 is 14.0 Å². The first kappa shape index (κ1) is 9.51. The molecule has 0 aromatic carbocycles. The topological polar surface area (TPSA) is 73.3 Å².